The zero-order valence-corrected chi connectivity index (χ0v) is 10.6. The van der Waals surface area contributed by atoms with Crippen LogP contribution in [0.25, 0.3) is 0 Å². The van der Waals surface area contributed by atoms with Crippen LogP contribution in [0.15, 0.2) is 0 Å². The van der Waals surface area contributed by atoms with Gasteiger partial charge in [0.25, 0.3) is 5.91 Å². The lowest BCUT2D eigenvalue weighted by Crippen LogP contribution is -2.38. The van der Waals surface area contributed by atoms with Crippen LogP contribution in [0.5, 0.6) is 0 Å². The molecule has 7 heteroatoms. The van der Waals surface area contributed by atoms with E-state index in [1.165, 1.54) is 12.8 Å². The molecule has 1 aliphatic rings. The number of hydrogen-bond acceptors (Lipinski definition) is 5. The third-order valence-electron chi connectivity index (χ3n) is 3.24. The first-order chi connectivity index (χ1) is 8.15. The highest BCUT2D eigenvalue weighted by atomic mass is 32.2. The molecule has 4 N–H and O–H groups in total. The lowest BCUT2D eigenvalue weighted by atomic mass is 10.1. The van der Waals surface area contributed by atoms with Crippen molar-refractivity contribution in [3.05, 3.63) is 5.82 Å². The summed E-state index contributed by atoms with van der Waals surface area (Å²) in [5.41, 5.74) is 5.35. The predicted molar refractivity (Wildman–Crippen MR) is 67.8 cm³/mol. The molecule has 0 aliphatic heterocycles. The van der Waals surface area contributed by atoms with Crippen molar-refractivity contribution in [2.24, 2.45) is 0 Å². The molecule has 0 radical (unpaired) electrons. The van der Waals surface area contributed by atoms with E-state index in [-0.39, 0.29) is 22.4 Å². The molecule has 0 bridgehead atoms. The Hall–Kier alpha value is -1.24. The van der Waals surface area contributed by atoms with Crippen molar-refractivity contribution in [1.29, 1.82) is 0 Å². The van der Waals surface area contributed by atoms with Crippen LogP contribution >= 0.6 is 11.8 Å². The summed E-state index contributed by atoms with van der Waals surface area (Å²) in [6.07, 6.45) is 6.90. The number of nitrogen functional groups attached to an aromatic ring is 1. The maximum absolute atomic E-state index is 11.8. The molecule has 1 aromatic rings. The monoisotopic (exact) mass is 255 g/mol. The van der Waals surface area contributed by atoms with Crippen LogP contribution in [-0.2, 0) is 0 Å². The van der Waals surface area contributed by atoms with Crippen molar-refractivity contribution in [1.82, 2.24) is 20.5 Å². The number of aromatic nitrogens is 3. The first kappa shape index (κ1) is 12.2. The van der Waals surface area contributed by atoms with Gasteiger partial charge in [-0.1, -0.05) is 12.8 Å². The number of aromatic amines is 1. The Morgan fingerprint density at radius 3 is 2.82 bits per heavy atom. The first-order valence-electron chi connectivity index (χ1n) is 5.66. The molecule has 1 fully saturated rings. The Morgan fingerprint density at radius 1 is 1.59 bits per heavy atom. The molecule has 0 unspecified atom stereocenters. The Kier molecular flexibility index (Phi) is 3.56. The highest BCUT2D eigenvalue weighted by Crippen LogP contribution is 2.39. The van der Waals surface area contributed by atoms with Gasteiger partial charge in [-0.15, -0.1) is 5.10 Å². The molecule has 0 aromatic carbocycles. The number of nitrogens with zero attached hydrogens (tertiary/aromatic N) is 2. The van der Waals surface area contributed by atoms with E-state index in [1.54, 1.807) is 0 Å². The Bertz CT molecular complexity index is 399. The predicted octanol–water partition coefficient (Wildman–Crippen LogP) is 0.792. The van der Waals surface area contributed by atoms with Crippen LogP contribution in [0.2, 0.25) is 0 Å². The summed E-state index contributed by atoms with van der Waals surface area (Å²) >= 11 is 1.84. The Labute approximate surface area is 104 Å². The molecule has 1 heterocycles. The van der Waals surface area contributed by atoms with E-state index in [0.29, 0.717) is 6.54 Å². The summed E-state index contributed by atoms with van der Waals surface area (Å²) in [6, 6.07) is 0. The SMILES string of the molecule is CSC1(CNC(=O)c2nc(N)n[nH]2)CCCC1. The number of thioether (sulfide) groups is 1. The van der Waals surface area contributed by atoms with Crippen LogP contribution in [0.1, 0.15) is 36.3 Å². The Morgan fingerprint density at radius 2 is 2.29 bits per heavy atom. The number of rotatable bonds is 4. The number of carbonyl (C=O) groups is 1. The van der Waals surface area contributed by atoms with E-state index in [1.807, 2.05) is 11.8 Å². The van der Waals surface area contributed by atoms with Crippen LogP contribution in [-0.4, -0.2) is 38.6 Å². The minimum Gasteiger partial charge on any atom is -0.366 e. The number of anilines is 1. The van der Waals surface area contributed by atoms with E-state index in [9.17, 15) is 4.79 Å². The van der Waals surface area contributed by atoms with Crippen molar-refractivity contribution in [2.75, 3.05) is 18.5 Å². The minimum absolute atomic E-state index is 0.0931. The molecular weight excluding hydrogens is 238 g/mol. The molecule has 94 valence electrons. The lowest BCUT2D eigenvalue weighted by molar-refractivity contribution is 0.0939. The standard InChI is InChI=1S/C10H17N5OS/c1-17-10(4-2-3-5-10)6-12-8(16)7-13-9(11)15-14-7/h2-6H2,1H3,(H,12,16)(H3,11,13,14,15). The van der Waals surface area contributed by atoms with Gasteiger partial charge in [-0.05, 0) is 19.1 Å². The third-order valence-corrected chi connectivity index (χ3v) is 4.66. The van der Waals surface area contributed by atoms with Gasteiger partial charge in [0.05, 0.1) is 0 Å². The topological polar surface area (TPSA) is 96.7 Å². The number of nitrogens with one attached hydrogen (secondary N) is 2. The van der Waals surface area contributed by atoms with E-state index < -0.39 is 0 Å². The van der Waals surface area contributed by atoms with E-state index in [4.69, 9.17) is 5.73 Å². The van der Waals surface area contributed by atoms with Crippen molar-refractivity contribution < 1.29 is 4.79 Å². The summed E-state index contributed by atoms with van der Waals surface area (Å²) in [7, 11) is 0. The molecule has 0 saturated heterocycles. The van der Waals surface area contributed by atoms with Gasteiger partial charge in [0.2, 0.25) is 11.8 Å². The zero-order valence-electron chi connectivity index (χ0n) is 9.82. The Balaban J connectivity index is 1.91. The summed E-state index contributed by atoms with van der Waals surface area (Å²) < 4.78 is 0.196. The normalized spacial score (nSPS) is 18.2. The summed E-state index contributed by atoms with van der Waals surface area (Å²) in [5.74, 6) is 0.0295. The third kappa shape index (κ3) is 2.71. The van der Waals surface area contributed by atoms with Crippen molar-refractivity contribution in [3.63, 3.8) is 0 Å². The second-order valence-electron chi connectivity index (χ2n) is 4.32. The minimum atomic E-state index is -0.241. The van der Waals surface area contributed by atoms with Gasteiger partial charge >= 0.3 is 0 Å². The number of carbonyl (C=O) groups excluding carboxylic acids is 1. The molecule has 1 saturated carbocycles. The number of amides is 1. The number of H-pyrrole nitrogens is 1. The maximum Gasteiger partial charge on any atom is 0.288 e. The molecule has 17 heavy (non-hydrogen) atoms. The van der Waals surface area contributed by atoms with Gasteiger partial charge in [0.1, 0.15) is 0 Å². The molecule has 2 rings (SSSR count). The van der Waals surface area contributed by atoms with Gasteiger partial charge in [-0.25, -0.2) is 0 Å². The molecular formula is C10H17N5OS. The summed E-state index contributed by atoms with van der Waals surface area (Å²) in [5, 5.41) is 9.03. The number of nitrogens with two attached hydrogens (primary N) is 1. The van der Waals surface area contributed by atoms with E-state index in [2.05, 4.69) is 26.8 Å². The zero-order chi connectivity index (χ0) is 12.3. The van der Waals surface area contributed by atoms with Crippen LogP contribution < -0.4 is 11.1 Å². The molecule has 1 aromatic heterocycles. The summed E-state index contributed by atoms with van der Waals surface area (Å²) in [6.45, 7) is 0.674. The molecule has 1 aliphatic carbocycles. The maximum atomic E-state index is 11.8. The van der Waals surface area contributed by atoms with Crippen LogP contribution in [0, 0.1) is 0 Å². The fraction of sp³-hybridized carbons (Fsp3) is 0.700. The second kappa shape index (κ2) is 4.95. The van der Waals surface area contributed by atoms with Gasteiger partial charge < -0.3 is 11.1 Å². The van der Waals surface area contributed by atoms with Gasteiger partial charge in [-0.2, -0.15) is 16.7 Å². The smallest absolute Gasteiger partial charge is 0.288 e. The molecule has 0 atom stereocenters. The van der Waals surface area contributed by atoms with Crippen molar-refractivity contribution >= 4 is 23.6 Å². The fourth-order valence-electron chi connectivity index (χ4n) is 2.17. The van der Waals surface area contributed by atoms with Gasteiger partial charge in [0, 0.05) is 11.3 Å². The molecule has 6 nitrogen and oxygen atoms in total. The van der Waals surface area contributed by atoms with Crippen molar-refractivity contribution in [2.45, 2.75) is 30.4 Å². The largest absolute Gasteiger partial charge is 0.366 e. The van der Waals surface area contributed by atoms with E-state index >= 15 is 0 Å². The average Bonchev–Trinajstić information content (AvgIpc) is 2.95. The highest BCUT2D eigenvalue weighted by Gasteiger charge is 2.33. The van der Waals surface area contributed by atoms with Crippen LogP contribution in [0.3, 0.4) is 0 Å². The second-order valence-corrected chi connectivity index (χ2v) is 5.59. The van der Waals surface area contributed by atoms with E-state index in [0.717, 1.165) is 12.8 Å². The first-order valence-corrected chi connectivity index (χ1v) is 6.89. The fourth-order valence-corrected chi connectivity index (χ4v) is 3.09. The lowest BCUT2D eigenvalue weighted by Gasteiger charge is -2.26. The number of hydrogen-bond donors (Lipinski definition) is 3. The molecule has 0 spiro atoms. The van der Waals surface area contributed by atoms with Gasteiger partial charge in [-0.3, -0.25) is 9.89 Å². The van der Waals surface area contributed by atoms with Gasteiger partial charge in [0.15, 0.2) is 0 Å². The quantitative estimate of drug-likeness (QED) is 0.739. The van der Waals surface area contributed by atoms with Crippen LogP contribution in [0.4, 0.5) is 5.95 Å². The summed E-state index contributed by atoms with van der Waals surface area (Å²) in [4.78, 5) is 15.6. The van der Waals surface area contributed by atoms with Crippen molar-refractivity contribution in [3.8, 4) is 0 Å². The molecule has 1 amide bonds. The average molecular weight is 255 g/mol. The highest BCUT2D eigenvalue weighted by molar-refractivity contribution is 8.00.